The summed E-state index contributed by atoms with van der Waals surface area (Å²) < 4.78 is 8.29. The molecule has 20 heavy (non-hydrogen) atoms. The molecule has 0 amide bonds. The summed E-state index contributed by atoms with van der Waals surface area (Å²) in [5, 5.41) is 4.30. The third-order valence-electron chi connectivity index (χ3n) is 3.72. The highest BCUT2D eigenvalue weighted by Crippen LogP contribution is 2.30. The van der Waals surface area contributed by atoms with E-state index in [1.165, 1.54) is 0 Å². The highest BCUT2D eigenvalue weighted by molar-refractivity contribution is 9.10. The molecule has 5 nitrogen and oxygen atoms in total. The maximum Gasteiger partial charge on any atom is 0.213 e. The molecule has 1 aromatic heterocycles. The van der Waals surface area contributed by atoms with Crippen molar-refractivity contribution in [2.75, 3.05) is 27.2 Å². The van der Waals surface area contributed by atoms with Gasteiger partial charge in [-0.05, 0) is 56.2 Å². The van der Waals surface area contributed by atoms with Crippen molar-refractivity contribution in [3.63, 3.8) is 0 Å². The van der Waals surface area contributed by atoms with Crippen LogP contribution in [0.3, 0.4) is 0 Å². The van der Waals surface area contributed by atoms with Crippen molar-refractivity contribution in [2.24, 2.45) is 0 Å². The molecule has 2 rings (SSSR count). The van der Waals surface area contributed by atoms with E-state index in [-0.39, 0.29) is 5.78 Å². The van der Waals surface area contributed by atoms with E-state index >= 15 is 0 Å². The zero-order valence-electron chi connectivity index (χ0n) is 12.4. The van der Waals surface area contributed by atoms with Gasteiger partial charge in [0.1, 0.15) is 11.3 Å². The van der Waals surface area contributed by atoms with E-state index in [4.69, 9.17) is 4.74 Å². The fourth-order valence-electron chi connectivity index (χ4n) is 2.42. The quantitative estimate of drug-likeness (QED) is 0.770. The number of likely N-dealkylation sites (N-methyl/N-ethyl adjacent to an activating group) is 1. The van der Waals surface area contributed by atoms with Crippen LogP contribution in [0.15, 0.2) is 10.7 Å². The number of aromatic nitrogens is 2. The standard InChI is InChI=1S/C14H22BrN3O2/c1-14(6-4-5-9-20-14)13(19)12-11(15)10-16-18(12)8-7-17(2)3/h10H,4-9H2,1-3H3. The largest absolute Gasteiger partial charge is 0.367 e. The minimum atomic E-state index is -0.712. The van der Waals surface area contributed by atoms with Gasteiger partial charge in [0.05, 0.1) is 17.2 Å². The van der Waals surface area contributed by atoms with Crippen LogP contribution in [0.5, 0.6) is 0 Å². The maximum atomic E-state index is 12.8. The average molecular weight is 344 g/mol. The Morgan fingerprint density at radius 3 is 2.90 bits per heavy atom. The van der Waals surface area contributed by atoms with Crippen LogP contribution in [0.2, 0.25) is 0 Å². The first-order chi connectivity index (χ1) is 9.44. The first-order valence-corrected chi connectivity index (χ1v) is 7.78. The molecule has 112 valence electrons. The second-order valence-electron chi connectivity index (χ2n) is 5.73. The second-order valence-corrected chi connectivity index (χ2v) is 6.59. The van der Waals surface area contributed by atoms with Crippen molar-refractivity contribution in [2.45, 2.75) is 38.3 Å². The number of ether oxygens (including phenoxy) is 1. The predicted molar refractivity (Wildman–Crippen MR) is 81.0 cm³/mol. The van der Waals surface area contributed by atoms with Gasteiger partial charge in [0.15, 0.2) is 0 Å². The monoisotopic (exact) mass is 343 g/mol. The van der Waals surface area contributed by atoms with Crippen molar-refractivity contribution in [3.05, 3.63) is 16.4 Å². The molecular formula is C14H22BrN3O2. The molecule has 0 bridgehead atoms. The highest BCUT2D eigenvalue weighted by Gasteiger charge is 2.39. The average Bonchev–Trinajstić information content (AvgIpc) is 2.77. The van der Waals surface area contributed by atoms with E-state index < -0.39 is 5.60 Å². The third kappa shape index (κ3) is 3.30. The van der Waals surface area contributed by atoms with Crippen LogP contribution in [0.25, 0.3) is 0 Å². The molecule has 1 aromatic rings. The van der Waals surface area contributed by atoms with E-state index in [1.54, 1.807) is 10.9 Å². The summed E-state index contributed by atoms with van der Waals surface area (Å²) >= 11 is 3.44. The molecule has 0 spiro atoms. The van der Waals surface area contributed by atoms with E-state index in [2.05, 4.69) is 25.9 Å². The van der Waals surface area contributed by atoms with Crippen molar-refractivity contribution in [1.82, 2.24) is 14.7 Å². The van der Waals surface area contributed by atoms with Crippen molar-refractivity contribution in [1.29, 1.82) is 0 Å². The Bertz CT molecular complexity index is 479. The lowest BCUT2D eigenvalue weighted by Crippen LogP contribution is -2.42. The molecule has 0 aliphatic carbocycles. The smallest absolute Gasteiger partial charge is 0.213 e. The molecule has 1 aliphatic heterocycles. The summed E-state index contributed by atoms with van der Waals surface area (Å²) in [6.45, 7) is 4.08. The molecule has 0 N–H and O–H groups in total. The molecule has 0 saturated carbocycles. The lowest BCUT2D eigenvalue weighted by Gasteiger charge is -2.32. The summed E-state index contributed by atoms with van der Waals surface area (Å²) in [4.78, 5) is 14.9. The predicted octanol–water partition coefficient (Wildman–Crippen LogP) is 2.35. The van der Waals surface area contributed by atoms with Gasteiger partial charge >= 0.3 is 0 Å². The number of nitrogens with zero attached hydrogens (tertiary/aromatic N) is 3. The highest BCUT2D eigenvalue weighted by atomic mass is 79.9. The van der Waals surface area contributed by atoms with Crippen LogP contribution in [0, 0.1) is 0 Å². The maximum absolute atomic E-state index is 12.8. The molecule has 0 aromatic carbocycles. The van der Waals surface area contributed by atoms with Crippen molar-refractivity contribution >= 4 is 21.7 Å². The van der Waals surface area contributed by atoms with Gasteiger partial charge in [0.2, 0.25) is 5.78 Å². The van der Waals surface area contributed by atoms with Crippen LogP contribution in [0.4, 0.5) is 0 Å². The molecule has 1 fully saturated rings. The number of hydrogen-bond acceptors (Lipinski definition) is 4. The van der Waals surface area contributed by atoms with Gasteiger partial charge in [-0.15, -0.1) is 0 Å². The van der Waals surface area contributed by atoms with E-state index in [1.807, 2.05) is 21.0 Å². The first-order valence-electron chi connectivity index (χ1n) is 6.99. The van der Waals surface area contributed by atoms with Gasteiger partial charge in [-0.1, -0.05) is 0 Å². The van der Waals surface area contributed by atoms with Crippen molar-refractivity contribution in [3.8, 4) is 0 Å². The molecular weight excluding hydrogens is 322 g/mol. The Balaban J connectivity index is 2.22. The fourth-order valence-corrected chi connectivity index (χ4v) is 2.89. The summed E-state index contributed by atoms with van der Waals surface area (Å²) in [7, 11) is 4.01. The van der Waals surface area contributed by atoms with Crippen LogP contribution >= 0.6 is 15.9 Å². The molecule has 1 aliphatic rings. The number of ketones is 1. The topological polar surface area (TPSA) is 47.4 Å². The normalized spacial score (nSPS) is 23.2. The Labute approximate surface area is 128 Å². The lowest BCUT2D eigenvalue weighted by atomic mass is 9.90. The molecule has 0 radical (unpaired) electrons. The number of hydrogen-bond donors (Lipinski definition) is 0. The molecule has 2 heterocycles. The summed E-state index contributed by atoms with van der Waals surface area (Å²) in [5.74, 6) is 0.0281. The Morgan fingerprint density at radius 2 is 2.30 bits per heavy atom. The number of Topliss-reactive ketones (excluding diaryl/α,β-unsaturated/α-hetero) is 1. The van der Waals surface area contributed by atoms with E-state index in [0.717, 1.165) is 30.3 Å². The zero-order valence-corrected chi connectivity index (χ0v) is 13.9. The van der Waals surface area contributed by atoms with Crippen LogP contribution < -0.4 is 0 Å². The molecule has 6 heteroatoms. The number of carbonyl (C=O) groups excluding carboxylic acids is 1. The van der Waals surface area contributed by atoms with Gasteiger partial charge in [-0.25, -0.2) is 0 Å². The summed E-state index contributed by atoms with van der Waals surface area (Å²) in [6, 6.07) is 0. The minimum Gasteiger partial charge on any atom is -0.367 e. The van der Waals surface area contributed by atoms with Crippen LogP contribution in [-0.4, -0.2) is 53.3 Å². The van der Waals surface area contributed by atoms with Gasteiger partial charge in [0, 0.05) is 13.2 Å². The number of carbonyl (C=O) groups is 1. The van der Waals surface area contributed by atoms with Crippen LogP contribution in [-0.2, 0) is 11.3 Å². The fraction of sp³-hybridized carbons (Fsp3) is 0.714. The van der Waals surface area contributed by atoms with E-state index in [0.29, 0.717) is 18.8 Å². The molecule has 1 atom stereocenters. The van der Waals surface area contributed by atoms with Gasteiger partial charge in [-0.2, -0.15) is 5.10 Å². The van der Waals surface area contributed by atoms with Gasteiger partial charge in [0.25, 0.3) is 0 Å². The minimum absolute atomic E-state index is 0.0281. The second kappa shape index (κ2) is 6.37. The summed E-state index contributed by atoms with van der Waals surface area (Å²) in [5.41, 5.74) is -0.0901. The third-order valence-corrected chi connectivity index (χ3v) is 4.30. The number of rotatable bonds is 5. The Hall–Kier alpha value is -0.720. The Morgan fingerprint density at radius 1 is 1.55 bits per heavy atom. The molecule has 1 saturated heterocycles. The first kappa shape index (κ1) is 15.7. The van der Waals surface area contributed by atoms with Crippen LogP contribution in [0.1, 0.15) is 36.7 Å². The van der Waals surface area contributed by atoms with Gasteiger partial charge < -0.3 is 9.64 Å². The summed E-state index contributed by atoms with van der Waals surface area (Å²) in [6.07, 6.45) is 4.53. The Kier molecular flexibility index (Phi) is 4.99. The molecule has 1 unspecified atom stereocenters. The van der Waals surface area contributed by atoms with Crippen molar-refractivity contribution < 1.29 is 9.53 Å². The van der Waals surface area contributed by atoms with Gasteiger partial charge in [-0.3, -0.25) is 9.48 Å². The SMILES string of the molecule is CN(C)CCn1ncc(Br)c1C(=O)C1(C)CCCCO1. The number of halogens is 1. The van der Waals surface area contributed by atoms with E-state index in [9.17, 15) is 4.79 Å². The lowest BCUT2D eigenvalue weighted by molar-refractivity contribution is -0.0432. The zero-order chi connectivity index (χ0) is 14.8.